The van der Waals surface area contributed by atoms with Gasteiger partial charge in [0.2, 0.25) is 11.8 Å². The van der Waals surface area contributed by atoms with Crippen LogP contribution in [0.5, 0.6) is 0 Å². The molecule has 0 aromatic heterocycles. The smallest absolute Gasteiger partial charge is 0.234 e. The number of nitrogens with two attached hydrogens (primary N) is 1. The van der Waals surface area contributed by atoms with Gasteiger partial charge in [0.05, 0.1) is 32.5 Å². The summed E-state index contributed by atoms with van der Waals surface area (Å²) in [5.74, 6) is -0.551. The van der Waals surface area contributed by atoms with E-state index >= 15 is 0 Å². The van der Waals surface area contributed by atoms with Crippen molar-refractivity contribution in [3.63, 3.8) is 0 Å². The van der Waals surface area contributed by atoms with Gasteiger partial charge in [-0.05, 0) is 32.2 Å². The first kappa shape index (κ1) is 49.3. The van der Waals surface area contributed by atoms with Crippen LogP contribution in [0.4, 0.5) is 0 Å². The third-order valence-corrected chi connectivity index (χ3v) is 9.85. The number of aldehydes is 1. The molecule has 3 aliphatic rings. The maximum Gasteiger partial charge on any atom is 0.234 e. The summed E-state index contributed by atoms with van der Waals surface area (Å²) < 4.78 is 33.2. The number of hydrazine groups is 1. The molecule has 23 nitrogen and oxygen atoms in total. The summed E-state index contributed by atoms with van der Waals surface area (Å²) in [7, 11) is 0. The van der Waals surface area contributed by atoms with E-state index in [1.165, 1.54) is 0 Å². The number of nitrogens with one attached hydrogen (secondary N) is 3. The number of carbonyl (C=O) groups is 3. The van der Waals surface area contributed by atoms with E-state index in [9.17, 15) is 65.4 Å². The third kappa shape index (κ3) is 14.8. The monoisotopic (exact) mass is 830 g/mol. The predicted molar refractivity (Wildman–Crippen MR) is 190 cm³/mol. The molecule has 0 unspecified atom stereocenters. The summed E-state index contributed by atoms with van der Waals surface area (Å²) in [4.78, 5) is 35.6. The number of amides is 2. The molecule has 0 radical (unpaired) electrons. The summed E-state index contributed by atoms with van der Waals surface area (Å²) >= 11 is 0. The van der Waals surface area contributed by atoms with Crippen molar-refractivity contribution in [2.75, 3.05) is 39.5 Å². The summed E-state index contributed by atoms with van der Waals surface area (Å²) in [6.45, 7) is -1.88. The van der Waals surface area contributed by atoms with E-state index in [0.29, 0.717) is 38.6 Å². The molecule has 16 atom stereocenters. The second kappa shape index (κ2) is 25.5. The van der Waals surface area contributed by atoms with Crippen molar-refractivity contribution in [2.45, 2.75) is 156 Å². The molecular formula is C34H62N4O19. The fourth-order valence-electron chi connectivity index (χ4n) is 6.37. The van der Waals surface area contributed by atoms with Crippen molar-refractivity contribution in [2.24, 2.45) is 5.73 Å². The van der Waals surface area contributed by atoms with E-state index in [0.717, 1.165) is 19.1 Å². The molecule has 3 fully saturated rings. The average Bonchev–Trinajstić information content (AvgIpc) is 3.20. The molecule has 332 valence electrons. The van der Waals surface area contributed by atoms with Gasteiger partial charge in [0, 0.05) is 19.4 Å². The van der Waals surface area contributed by atoms with E-state index in [4.69, 9.17) is 34.2 Å². The van der Waals surface area contributed by atoms with Gasteiger partial charge in [0.1, 0.15) is 79.5 Å². The van der Waals surface area contributed by atoms with Crippen LogP contribution in [0.3, 0.4) is 0 Å². The molecule has 3 aliphatic heterocycles. The van der Waals surface area contributed by atoms with Crippen LogP contribution in [-0.2, 0) is 42.8 Å². The molecular weight excluding hydrogens is 768 g/mol. The number of hydrogen-bond donors (Lipinski definition) is 14. The normalized spacial score (nSPS) is 36.4. The highest BCUT2D eigenvalue weighted by atomic mass is 16.7. The largest absolute Gasteiger partial charge is 0.394 e. The van der Waals surface area contributed by atoms with Crippen molar-refractivity contribution >= 4 is 18.1 Å². The maximum atomic E-state index is 12.4. The van der Waals surface area contributed by atoms with Crippen molar-refractivity contribution in [1.82, 2.24) is 16.2 Å². The van der Waals surface area contributed by atoms with Crippen molar-refractivity contribution in [3.05, 3.63) is 0 Å². The summed E-state index contributed by atoms with van der Waals surface area (Å²) in [5, 5.41) is 105. The van der Waals surface area contributed by atoms with Crippen molar-refractivity contribution in [1.29, 1.82) is 0 Å². The van der Waals surface area contributed by atoms with Gasteiger partial charge in [-0.2, -0.15) is 0 Å². The van der Waals surface area contributed by atoms with E-state index in [1.807, 2.05) is 0 Å². The van der Waals surface area contributed by atoms with Crippen LogP contribution in [0.25, 0.3) is 0 Å². The van der Waals surface area contributed by atoms with Gasteiger partial charge in [-0.3, -0.25) is 15.0 Å². The molecule has 0 aromatic rings. The lowest BCUT2D eigenvalue weighted by molar-refractivity contribution is -0.366. The van der Waals surface area contributed by atoms with E-state index in [1.54, 1.807) is 0 Å². The van der Waals surface area contributed by atoms with E-state index in [2.05, 4.69) is 16.2 Å². The highest BCUT2D eigenvalue weighted by Crippen LogP contribution is 2.31. The summed E-state index contributed by atoms with van der Waals surface area (Å²) in [6, 6.07) is -0.488. The Morgan fingerprint density at radius 2 is 1.21 bits per heavy atom. The molecule has 23 heteroatoms. The van der Waals surface area contributed by atoms with Gasteiger partial charge in [0.25, 0.3) is 0 Å². The zero-order valence-electron chi connectivity index (χ0n) is 31.6. The van der Waals surface area contributed by atoms with Gasteiger partial charge in [-0.15, -0.1) is 0 Å². The van der Waals surface area contributed by atoms with Crippen LogP contribution in [0.1, 0.15) is 57.8 Å². The van der Waals surface area contributed by atoms with Gasteiger partial charge in [-0.25, -0.2) is 5.43 Å². The minimum atomic E-state index is -1.90. The zero-order valence-corrected chi connectivity index (χ0v) is 31.6. The number of ether oxygens (including phenoxy) is 6. The topological polar surface area (TPSA) is 371 Å². The van der Waals surface area contributed by atoms with Crippen LogP contribution < -0.4 is 21.9 Å². The van der Waals surface area contributed by atoms with Crippen LogP contribution in [0.2, 0.25) is 0 Å². The van der Waals surface area contributed by atoms with Crippen molar-refractivity contribution < 1.29 is 93.9 Å². The lowest BCUT2D eigenvalue weighted by atomic mass is 9.96. The first-order chi connectivity index (χ1) is 27.3. The maximum absolute atomic E-state index is 12.4. The van der Waals surface area contributed by atoms with Crippen LogP contribution in [-0.4, -0.2) is 207 Å². The molecule has 0 saturated carbocycles. The molecule has 15 N–H and O–H groups in total. The number of unbranched alkanes of at least 4 members (excludes halogenated alkanes) is 4. The Labute approximate surface area is 329 Å². The number of aliphatic hydroxyl groups is 10. The van der Waals surface area contributed by atoms with Gasteiger partial charge in [0.15, 0.2) is 18.9 Å². The Hall–Kier alpha value is -2.11. The quantitative estimate of drug-likeness (QED) is 0.0231. The molecule has 3 saturated heterocycles. The minimum absolute atomic E-state index is 0.0422. The Kier molecular flexibility index (Phi) is 22.0. The lowest BCUT2D eigenvalue weighted by Crippen LogP contribution is -2.65. The highest BCUT2D eigenvalue weighted by Gasteiger charge is 2.52. The molecule has 0 aliphatic carbocycles. The number of hydrogen-bond acceptors (Lipinski definition) is 21. The zero-order chi connectivity index (χ0) is 42.1. The summed E-state index contributed by atoms with van der Waals surface area (Å²) in [6.07, 6.45) is -19.4. The SMILES string of the molecule is NCCCC[C@@H](C=O)NNC(=O)CCCCCCC(=O)NCCO[C@@H]1O[C@H](CO[C@H]2O[C@H](CO)[C@@H](O)[C@H](O)[C@@H]2O)[C@@H](O)[C@H](O[C@H]2O[C@H](CO)[C@@H](O)[C@H](O)[C@@H]2O)[C@H]1O. The Morgan fingerprint density at radius 1 is 0.649 bits per heavy atom. The molecule has 0 spiro atoms. The van der Waals surface area contributed by atoms with Gasteiger partial charge >= 0.3 is 0 Å². The minimum Gasteiger partial charge on any atom is -0.394 e. The molecule has 57 heavy (non-hydrogen) atoms. The fraction of sp³-hybridized carbons (Fsp3) is 0.912. The Morgan fingerprint density at radius 3 is 1.81 bits per heavy atom. The van der Waals surface area contributed by atoms with Crippen LogP contribution in [0.15, 0.2) is 0 Å². The Bertz CT molecular complexity index is 1180. The summed E-state index contributed by atoms with van der Waals surface area (Å²) in [5.41, 5.74) is 10.7. The number of carbonyl (C=O) groups excluding carboxylic acids is 3. The standard InChI is InChI=1S/C34H62N4O19/c35-10-6-5-7-17(13-39)37-38-22(43)9-4-2-1-3-8-21(42)36-11-12-52-33-30(51)31(57-34-29(50)27(48)24(45)19(15-41)55-34)25(46)20(56-33)16-53-32-28(49)26(47)23(44)18(14-40)54-32/h13,17-20,23-34,37,40-41,44-51H,1-12,14-16,35H2,(H,36,42)(H,38,43)/t17-,18+,19+,20+,23+,24+,25+,26-,27-,28-,29-,30+,31-,32-,33+,34+/m0/s1. The highest BCUT2D eigenvalue weighted by molar-refractivity contribution is 5.76. The van der Waals surface area contributed by atoms with E-state index < -0.39 is 118 Å². The number of aliphatic hydroxyl groups excluding tert-OH is 10. The van der Waals surface area contributed by atoms with Crippen LogP contribution >= 0.6 is 0 Å². The van der Waals surface area contributed by atoms with Crippen molar-refractivity contribution in [3.8, 4) is 0 Å². The first-order valence-electron chi connectivity index (χ1n) is 19.3. The number of rotatable bonds is 25. The average molecular weight is 831 g/mol. The molecule has 3 heterocycles. The third-order valence-electron chi connectivity index (χ3n) is 9.85. The van der Waals surface area contributed by atoms with E-state index in [-0.39, 0.29) is 37.8 Å². The van der Waals surface area contributed by atoms with Crippen LogP contribution in [0, 0.1) is 0 Å². The Balaban J connectivity index is 1.48. The first-order valence-corrected chi connectivity index (χ1v) is 19.3. The molecule has 2 amide bonds. The lowest BCUT2D eigenvalue weighted by Gasteiger charge is -2.46. The molecule has 0 aromatic carbocycles. The van der Waals surface area contributed by atoms with Gasteiger partial charge in [-0.1, -0.05) is 19.3 Å². The predicted octanol–water partition coefficient (Wildman–Crippen LogP) is -6.77. The second-order valence-electron chi connectivity index (χ2n) is 14.2. The molecule has 3 rings (SSSR count). The molecule has 0 bridgehead atoms. The second-order valence-corrected chi connectivity index (χ2v) is 14.2. The van der Waals surface area contributed by atoms with Gasteiger partial charge < -0.3 is 95.3 Å². The fourth-order valence-corrected chi connectivity index (χ4v) is 6.37.